The normalized spacial score (nSPS) is 53.5. The number of aliphatic hydroxyl groups is 1. The molecule has 0 amide bonds. The van der Waals surface area contributed by atoms with Crippen molar-refractivity contribution < 1.29 is 29.1 Å². The van der Waals surface area contributed by atoms with Crippen molar-refractivity contribution >= 4 is 0 Å². The molecule has 1 spiro atoms. The Morgan fingerprint density at radius 1 is 1.12 bits per heavy atom. The van der Waals surface area contributed by atoms with Gasteiger partial charge in [0.25, 0.3) is 0 Å². The highest BCUT2D eigenvalue weighted by atomic mass is 17.3. The van der Waals surface area contributed by atoms with E-state index in [1.165, 1.54) is 6.42 Å². The number of hydrogen-bond donors (Lipinski definition) is 1. The van der Waals surface area contributed by atoms with Gasteiger partial charge in [0.05, 0.1) is 6.61 Å². The molecule has 5 rings (SSSR count). The summed E-state index contributed by atoms with van der Waals surface area (Å²) in [5.41, 5.74) is -0.524. The molecule has 6 nitrogen and oxygen atoms in total. The smallest absolute Gasteiger partial charge is 0.201 e. The average Bonchev–Trinajstić information content (AvgIpc) is 2.78. The standard InChI is InChI=1S/C18H30O6/c1-11-5-6-14-12(2)15(20-10-4-9-19)21-16-18(14)13(11)7-8-17(3,22-16)23-24-18/h11-16,19H,4-10H2,1-3H3/t11-,12-,13?,14?,15?,16-,17+,18-/m1/s1. The van der Waals surface area contributed by atoms with Crippen LogP contribution in [0.5, 0.6) is 0 Å². The highest BCUT2D eigenvalue weighted by Crippen LogP contribution is 2.60. The molecular weight excluding hydrogens is 312 g/mol. The third-order valence-corrected chi connectivity index (χ3v) is 6.68. The van der Waals surface area contributed by atoms with Crippen LogP contribution in [-0.2, 0) is 24.0 Å². The van der Waals surface area contributed by atoms with Crippen LogP contribution in [0.4, 0.5) is 0 Å². The Morgan fingerprint density at radius 3 is 2.75 bits per heavy atom. The van der Waals surface area contributed by atoms with Gasteiger partial charge >= 0.3 is 0 Å². The lowest BCUT2D eigenvalue weighted by Crippen LogP contribution is -2.70. The first-order valence-corrected chi connectivity index (χ1v) is 9.43. The summed E-state index contributed by atoms with van der Waals surface area (Å²) in [6, 6.07) is 0. The van der Waals surface area contributed by atoms with Gasteiger partial charge in [0.2, 0.25) is 5.79 Å². The molecule has 138 valence electrons. The third-order valence-electron chi connectivity index (χ3n) is 6.68. The number of rotatable bonds is 4. The summed E-state index contributed by atoms with van der Waals surface area (Å²) >= 11 is 0. The molecule has 0 aromatic carbocycles. The summed E-state index contributed by atoms with van der Waals surface area (Å²) in [4.78, 5) is 11.9. The van der Waals surface area contributed by atoms with Gasteiger partial charge in [-0.2, -0.15) is 0 Å². The van der Waals surface area contributed by atoms with Crippen LogP contribution in [0.2, 0.25) is 0 Å². The molecule has 4 aliphatic heterocycles. The maximum Gasteiger partial charge on any atom is 0.201 e. The molecule has 6 heteroatoms. The summed E-state index contributed by atoms with van der Waals surface area (Å²) in [7, 11) is 0. The van der Waals surface area contributed by atoms with Gasteiger partial charge in [0.15, 0.2) is 18.2 Å². The molecule has 4 saturated heterocycles. The molecule has 24 heavy (non-hydrogen) atoms. The highest BCUT2D eigenvalue weighted by molar-refractivity contribution is 5.09. The minimum Gasteiger partial charge on any atom is -0.396 e. The van der Waals surface area contributed by atoms with Crippen molar-refractivity contribution in [3.05, 3.63) is 0 Å². The maximum absolute atomic E-state index is 8.99. The van der Waals surface area contributed by atoms with Gasteiger partial charge in [-0.05, 0) is 44.4 Å². The quantitative estimate of drug-likeness (QED) is 0.626. The summed E-state index contributed by atoms with van der Waals surface area (Å²) in [6.07, 6.45) is 3.96. The molecule has 0 radical (unpaired) electrons. The van der Waals surface area contributed by atoms with Gasteiger partial charge in [0.1, 0.15) is 0 Å². The van der Waals surface area contributed by atoms with Crippen LogP contribution in [0.25, 0.3) is 0 Å². The fourth-order valence-electron chi connectivity index (χ4n) is 5.33. The van der Waals surface area contributed by atoms with E-state index in [2.05, 4.69) is 13.8 Å². The van der Waals surface area contributed by atoms with E-state index in [9.17, 15) is 0 Å². The zero-order valence-corrected chi connectivity index (χ0v) is 14.9. The number of fused-ring (bicyclic) bond motifs is 2. The van der Waals surface area contributed by atoms with Crippen LogP contribution in [0.15, 0.2) is 0 Å². The summed E-state index contributed by atoms with van der Waals surface area (Å²) in [5, 5.41) is 8.99. The summed E-state index contributed by atoms with van der Waals surface area (Å²) < 4.78 is 18.5. The van der Waals surface area contributed by atoms with Gasteiger partial charge in [-0.25, -0.2) is 9.78 Å². The fourth-order valence-corrected chi connectivity index (χ4v) is 5.33. The average molecular weight is 342 g/mol. The van der Waals surface area contributed by atoms with Crippen molar-refractivity contribution in [1.29, 1.82) is 0 Å². The fraction of sp³-hybridized carbons (Fsp3) is 1.00. The molecule has 1 aliphatic carbocycles. The van der Waals surface area contributed by atoms with E-state index in [0.717, 1.165) is 19.3 Å². The molecule has 1 saturated carbocycles. The number of aliphatic hydroxyl groups excluding tert-OH is 1. The zero-order valence-electron chi connectivity index (χ0n) is 14.9. The van der Waals surface area contributed by atoms with E-state index >= 15 is 0 Å². The SMILES string of the molecule is C[C@H]1C(OCCCO)O[C@@H]2O[C@]3(C)CCC4[C@H](C)CCC1[C@]42OO3. The van der Waals surface area contributed by atoms with Crippen LogP contribution in [0.1, 0.15) is 52.9 Å². The van der Waals surface area contributed by atoms with Crippen LogP contribution in [0, 0.1) is 23.7 Å². The summed E-state index contributed by atoms with van der Waals surface area (Å²) in [5.74, 6) is 0.697. The Labute approximate surface area is 143 Å². The van der Waals surface area contributed by atoms with Gasteiger partial charge in [0, 0.05) is 24.9 Å². The Bertz CT molecular complexity index is 472. The van der Waals surface area contributed by atoms with E-state index in [-0.39, 0.29) is 18.8 Å². The second-order valence-corrected chi connectivity index (χ2v) is 8.22. The van der Waals surface area contributed by atoms with E-state index in [4.69, 9.17) is 29.1 Å². The topological polar surface area (TPSA) is 66.4 Å². The van der Waals surface area contributed by atoms with Crippen molar-refractivity contribution in [3.63, 3.8) is 0 Å². The van der Waals surface area contributed by atoms with Crippen molar-refractivity contribution in [2.75, 3.05) is 13.2 Å². The lowest BCUT2D eigenvalue weighted by molar-refractivity contribution is -0.577. The Morgan fingerprint density at radius 2 is 1.96 bits per heavy atom. The minimum atomic E-state index is -0.742. The van der Waals surface area contributed by atoms with Gasteiger partial charge in [-0.1, -0.05) is 13.8 Å². The molecule has 8 atom stereocenters. The molecule has 2 bridgehead atoms. The lowest BCUT2D eigenvalue weighted by atomic mass is 9.58. The molecule has 1 N–H and O–H groups in total. The predicted octanol–water partition coefficient (Wildman–Crippen LogP) is 2.59. The Balaban J connectivity index is 1.64. The number of ether oxygens (including phenoxy) is 3. The maximum atomic E-state index is 8.99. The molecule has 3 unspecified atom stereocenters. The van der Waals surface area contributed by atoms with Crippen molar-refractivity contribution in [2.24, 2.45) is 23.7 Å². The van der Waals surface area contributed by atoms with Crippen molar-refractivity contribution in [1.82, 2.24) is 0 Å². The van der Waals surface area contributed by atoms with E-state index < -0.39 is 17.7 Å². The van der Waals surface area contributed by atoms with Crippen LogP contribution >= 0.6 is 0 Å². The largest absolute Gasteiger partial charge is 0.396 e. The zero-order chi connectivity index (χ0) is 16.9. The van der Waals surface area contributed by atoms with E-state index in [1.807, 2.05) is 6.92 Å². The molecular formula is C18H30O6. The van der Waals surface area contributed by atoms with Crippen LogP contribution in [0.3, 0.4) is 0 Å². The highest BCUT2D eigenvalue weighted by Gasteiger charge is 2.69. The first kappa shape index (κ1) is 17.2. The predicted molar refractivity (Wildman–Crippen MR) is 84.5 cm³/mol. The Hall–Kier alpha value is -0.240. The molecule has 0 aromatic heterocycles. The van der Waals surface area contributed by atoms with Gasteiger partial charge in [-0.3, -0.25) is 0 Å². The van der Waals surface area contributed by atoms with Crippen LogP contribution in [-0.4, -0.2) is 42.3 Å². The summed E-state index contributed by atoms with van der Waals surface area (Å²) in [6.45, 7) is 7.04. The van der Waals surface area contributed by atoms with Crippen molar-refractivity contribution in [2.45, 2.75) is 76.8 Å². The minimum absolute atomic E-state index is 0.128. The monoisotopic (exact) mass is 342 g/mol. The first-order valence-electron chi connectivity index (χ1n) is 9.43. The van der Waals surface area contributed by atoms with Gasteiger partial charge < -0.3 is 19.3 Å². The van der Waals surface area contributed by atoms with Crippen molar-refractivity contribution in [3.8, 4) is 0 Å². The second kappa shape index (κ2) is 6.18. The lowest BCUT2D eigenvalue weighted by Gasteiger charge is -2.60. The van der Waals surface area contributed by atoms with E-state index in [0.29, 0.717) is 30.8 Å². The molecule has 5 aliphatic rings. The van der Waals surface area contributed by atoms with Gasteiger partial charge in [-0.15, -0.1) is 0 Å². The van der Waals surface area contributed by atoms with Crippen LogP contribution < -0.4 is 0 Å². The molecule has 4 heterocycles. The Kier molecular flexibility index (Phi) is 4.43. The molecule has 5 fully saturated rings. The van der Waals surface area contributed by atoms with E-state index in [1.54, 1.807) is 0 Å². The molecule has 0 aromatic rings. The second-order valence-electron chi connectivity index (χ2n) is 8.22. The first-order chi connectivity index (χ1) is 11.5. The third kappa shape index (κ3) is 2.46. The number of hydrogen-bond acceptors (Lipinski definition) is 6.